The summed E-state index contributed by atoms with van der Waals surface area (Å²) in [7, 11) is 0. The molecule has 1 aromatic rings. The molecule has 0 radical (unpaired) electrons. The molecule has 0 unspecified atom stereocenters. The average Bonchev–Trinajstić information content (AvgIpc) is 2.60. The lowest BCUT2D eigenvalue weighted by Crippen LogP contribution is -2.28. The van der Waals surface area contributed by atoms with Crippen LogP contribution < -0.4 is 5.32 Å². The molecule has 0 aliphatic heterocycles. The van der Waals surface area contributed by atoms with Gasteiger partial charge in [0.1, 0.15) is 0 Å². The number of pyridine rings is 1. The van der Waals surface area contributed by atoms with Crippen LogP contribution in [0.5, 0.6) is 0 Å². The Morgan fingerprint density at radius 3 is 2.56 bits per heavy atom. The van der Waals surface area contributed by atoms with Gasteiger partial charge in [0.05, 0.1) is 17.9 Å². The maximum Gasteiger partial charge on any atom is 0.417 e. The number of aromatic nitrogens is 1. The average molecular weight is 451 g/mol. The first-order valence-electron chi connectivity index (χ1n) is 9.37. The lowest BCUT2D eigenvalue weighted by molar-refractivity contribution is -0.144. The molecule has 1 saturated carbocycles. The maximum atomic E-state index is 12.6. The summed E-state index contributed by atoms with van der Waals surface area (Å²) in [6.45, 7) is 3.80. The lowest BCUT2D eigenvalue weighted by Gasteiger charge is -2.28. The number of nitrogens with one attached hydrogen (secondary N) is 1. The molecule has 0 spiro atoms. The molecule has 0 bridgehead atoms. The van der Waals surface area contributed by atoms with Crippen LogP contribution in [0.25, 0.3) is 0 Å². The van der Waals surface area contributed by atoms with Crippen LogP contribution in [-0.2, 0) is 22.1 Å². The highest BCUT2D eigenvalue weighted by Crippen LogP contribution is 2.32. The Hall–Kier alpha value is -1.15. The topological polar surface area (TPSA) is 51.2 Å². The van der Waals surface area contributed by atoms with Crippen LogP contribution in [0, 0.1) is 11.8 Å². The van der Waals surface area contributed by atoms with Crippen LogP contribution in [0.3, 0.4) is 0 Å². The minimum atomic E-state index is -4.38. The van der Waals surface area contributed by atoms with Crippen molar-refractivity contribution in [3.63, 3.8) is 0 Å². The zero-order chi connectivity index (χ0) is 19.9. The summed E-state index contributed by atoms with van der Waals surface area (Å²) in [6.07, 6.45) is 1.83. The van der Waals surface area contributed by atoms with E-state index < -0.39 is 11.7 Å². The first-order valence-corrected chi connectivity index (χ1v) is 10.2. The number of carbonyl (C=O) groups is 1. The van der Waals surface area contributed by atoms with Crippen molar-refractivity contribution < 1.29 is 22.7 Å². The maximum absolute atomic E-state index is 12.6. The van der Waals surface area contributed by atoms with Gasteiger partial charge in [-0.05, 0) is 73.0 Å². The van der Waals surface area contributed by atoms with Crippen LogP contribution in [-0.4, -0.2) is 30.6 Å². The molecule has 4 nitrogen and oxygen atoms in total. The van der Waals surface area contributed by atoms with E-state index in [0.717, 1.165) is 44.5 Å². The number of alkyl halides is 3. The Balaban J connectivity index is 1.66. The number of hydrogen-bond acceptors (Lipinski definition) is 4. The molecule has 8 heteroatoms. The number of nitrogens with zero attached hydrogens (tertiary/aromatic N) is 1. The van der Waals surface area contributed by atoms with Crippen molar-refractivity contribution >= 4 is 21.9 Å². The third kappa shape index (κ3) is 7.41. The zero-order valence-electron chi connectivity index (χ0n) is 15.4. The van der Waals surface area contributed by atoms with E-state index >= 15 is 0 Å². The van der Waals surface area contributed by atoms with E-state index in [2.05, 4.69) is 26.2 Å². The fraction of sp³-hybridized carbons (Fsp3) is 0.684. The Morgan fingerprint density at radius 1 is 1.30 bits per heavy atom. The molecule has 0 atom stereocenters. The normalized spacial score (nSPS) is 20.5. The Kier molecular flexibility index (Phi) is 8.54. The molecule has 1 heterocycles. The Labute approximate surface area is 166 Å². The van der Waals surface area contributed by atoms with E-state index in [4.69, 9.17) is 4.74 Å². The van der Waals surface area contributed by atoms with Crippen LogP contribution in [0.1, 0.15) is 50.3 Å². The van der Waals surface area contributed by atoms with E-state index in [1.54, 1.807) is 0 Å². The molecule has 0 saturated heterocycles. The molecule has 152 valence electrons. The van der Waals surface area contributed by atoms with Gasteiger partial charge in [0.2, 0.25) is 0 Å². The number of carbonyl (C=O) groups excluding carboxylic acids is 1. The van der Waals surface area contributed by atoms with Crippen molar-refractivity contribution in [2.45, 2.75) is 51.6 Å². The van der Waals surface area contributed by atoms with Crippen molar-refractivity contribution in [3.8, 4) is 0 Å². The fourth-order valence-corrected chi connectivity index (χ4v) is 3.96. The van der Waals surface area contributed by atoms with Crippen LogP contribution in [0.2, 0.25) is 0 Å². The molecule has 27 heavy (non-hydrogen) atoms. The lowest BCUT2D eigenvalue weighted by atomic mass is 9.80. The van der Waals surface area contributed by atoms with Crippen molar-refractivity contribution in [3.05, 3.63) is 28.0 Å². The first-order chi connectivity index (χ1) is 12.8. The van der Waals surface area contributed by atoms with Crippen LogP contribution in [0.15, 0.2) is 16.7 Å². The van der Waals surface area contributed by atoms with E-state index in [9.17, 15) is 18.0 Å². The molecule has 0 aromatic carbocycles. The van der Waals surface area contributed by atoms with Gasteiger partial charge in [-0.2, -0.15) is 13.2 Å². The quantitative estimate of drug-likeness (QED) is 0.458. The smallest absolute Gasteiger partial charge is 0.417 e. The standard InChI is InChI=1S/C19H26BrF3N2O2/c1-2-27-18(26)9-13-3-5-14(6-4-13)11-24-8-7-17-16(20)10-15(12-25-17)19(21,22)23/h10,12-14,24H,2-9,11H2,1H3. The molecule has 2 rings (SSSR count). The highest BCUT2D eigenvalue weighted by atomic mass is 79.9. The van der Waals surface area contributed by atoms with Gasteiger partial charge in [0.25, 0.3) is 0 Å². The summed E-state index contributed by atoms with van der Waals surface area (Å²) in [5.74, 6) is 0.897. The molecule has 1 N–H and O–H groups in total. The summed E-state index contributed by atoms with van der Waals surface area (Å²) < 4.78 is 43.3. The molecule has 0 amide bonds. The van der Waals surface area contributed by atoms with E-state index in [-0.39, 0.29) is 5.97 Å². The second-order valence-electron chi connectivity index (χ2n) is 7.00. The third-order valence-corrected chi connectivity index (χ3v) is 5.63. The zero-order valence-corrected chi connectivity index (χ0v) is 17.0. The number of esters is 1. The number of hydrogen-bond donors (Lipinski definition) is 1. The highest BCUT2D eigenvalue weighted by molar-refractivity contribution is 9.10. The molecule has 1 aliphatic rings. The summed E-state index contributed by atoms with van der Waals surface area (Å²) in [5.41, 5.74) is -0.126. The summed E-state index contributed by atoms with van der Waals surface area (Å²) in [4.78, 5) is 15.5. The van der Waals surface area contributed by atoms with Gasteiger partial charge >= 0.3 is 12.1 Å². The predicted molar refractivity (Wildman–Crippen MR) is 100 cm³/mol. The molecule has 1 aliphatic carbocycles. The summed E-state index contributed by atoms with van der Waals surface area (Å²) in [6, 6.07) is 1.08. The second kappa shape index (κ2) is 10.4. The highest BCUT2D eigenvalue weighted by Gasteiger charge is 2.31. The molecular formula is C19H26BrF3N2O2. The van der Waals surface area contributed by atoms with Crippen LogP contribution >= 0.6 is 15.9 Å². The van der Waals surface area contributed by atoms with Gasteiger partial charge < -0.3 is 10.1 Å². The van der Waals surface area contributed by atoms with Gasteiger partial charge in [0, 0.05) is 30.1 Å². The van der Waals surface area contributed by atoms with Crippen LogP contribution in [0.4, 0.5) is 13.2 Å². The Bertz CT molecular complexity index is 617. The van der Waals surface area contributed by atoms with E-state index in [0.29, 0.717) is 48.0 Å². The largest absolute Gasteiger partial charge is 0.466 e. The SMILES string of the molecule is CCOC(=O)CC1CCC(CNCCc2ncc(C(F)(F)F)cc2Br)CC1. The second-order valence-corrected chi connectivity index (χ2v) is 7.85. The number of halogens is 4. The minimum Gasteiger partial charge on any atom is -0.466 e. The summed E-state index contributed by atoms with van der Waals surface area (Å²) in [5, 5.41) is 3.38. The van der Waals surface area contributed by atoms with Gasteiger partial charge in [-0.3, -0.25) is 9.78 Å². The molecular weight excluding hydrogens is 425 g/mol. The van der Waals surface area contributed by atoms with E-state index in [1.807, 2.05) is 6.92 Å². The van der Waals surface area contributed by atoms with Crippen molar-refractivity contribution in [2.75, 3.05) is 19.7 Å². The molecule has 1 fully saturated rings. The monoisotopic (exact) mass is 450 g/mol. The van der Waals surface area contributed by atoms with Gasteiger partial charge in [-0.25, -0.2) is 0 Å². The van der Waals surface area contributed by atoms with Crippen molar-refractivity contribution in [1.82, 2.24) is 10.3 Å². The first kappa shape index (κ1) is 22.1. The van der Waals surface area contributed by atoms with E-state index in [1.165, 1.54) is 0 Å². The third-order valence-electron chi connectivity index (χ3n) is 4.94. The van der Waals surface area contributed by atoms with Gasteiger partial charge in [0.15, 0.2) is 0 Å². The predicted octanol–water partition coefficient (Wildman–Crippen LogP) is 4.75. The number of ether oxygens (including phenoxy) is 1. The van der Waals surface area contributed by atoms with Crippen molar-refractivity contribution in [2.24, 2.45) is 11.8 Å². The number of rotatable bonds is 8. The van der Waals surface area contributed by atoms with Gasteiger partial charge in [-0.1, -0.05) is 0 Å². The van der Waals surface area contributed by atoms with Gasteiger partial charge in [-0.15, -0.1) is 0 Å². The molecule has 1 aromatic heterocycles. The van der Waals surface area contributed by atoms with Crippen molar-refractivity contribution in [1.29, 1.82) is 0 Å². The fourth-order valence-electron chi connectivity index (χ4n) is 3.41. The Morgan fingerprint density at radius 2 is 1.96 bits per heavy atom. The minimum absolute atomic E-state index is 0.103. The summed E-state index contributed by atoms with van der Waals surface area (Å²) >= 11 is 3.18.